The average molecular weight is 870 g/mol. The Morgan fingerprint density at radius 2 is 0.833 bits per heavy atom. The van der Waals surface area contributed by atoms with Crippen LogP contribution in [0.15, 0.2) is 152 Å². The molecule has 0 bridgehead atoms. The maximum Gasteiger partial charge on any atom is 0.0618 e. The zero-order valence-electron chi connectivity index (χ0n) is 41.7. The van der Waals surface area contributed by atoms with E-state index in [0.29, 0.717) is 0 Å². The Labute approximate surface area is 396 Å². The zero-order chi connectivity index (χ0) is 47.0. The Morgan fingerprint density at radius 1 is 0.409 bits per heavy atom. The quantitative estimate of drug-likeness (QED) is 0.154. The smallest absolute Gasteiger partial charge is 0.0618 e. The zero-order valence-corrected chi connectivity index (χ0v) is 41.7. The number of nitrogens with zero attached hydrogens (tertiary/aromatic N) is 2. The number of nitrogens with two attached hydrogens (primary N) is 1. The molecule has 0 spiro atoms. The summed E-state index contributed by atoms with van der Waals surface area (Å²) < 4.78 is 0. The number of benzene rings is 7. The topological polar surface area (TPSA) is 32.5 Å². The van der Waals surface area contributed by atoms with Gasteiger partial charge in [0.1, 0.15) is 0 Å². The van der Waals surface area contributed by atoms with Crippen LogP contribution in [-0.2, 0) is 27.1 Å². The molecule has 9 rings (SSSR count). The lowest BCUT2D eigenvalue weighted by Gasteiger charge is -2.43. The van der Waals surface area contributed by atoms with Crippen LogP contribution in [0.4, 0.5) is 39.8 Å². The molecular weight excluding hydrogens is 799 g/mol. The molecule has 66 heavy (non-hydrogen) atoms. The van der Waals surface area contributed by atoms with Crippen LogP contribution in [0.3, 0.4) is 0 Å². The van der Waals surface area contributed by atoms with Gasteiger partial charge in [0.15, 0.2) is 0 Å². The van der Waals surface area contributed by atoms with E-state index in [9.17, 15) is 0 Å². The third kappa shape index (κ3) is 8.36. The molecule has 2 aliphatic rings. The maximum atomic E-state index is 6.75. The molecule has 7 aromatic rings. The number of fused-ring (bicyclic) bond motifs is 2. The normalized spacial score (nSPS) is 16.8. The standard InChI is InChI=1S/C63H71N3/c1-42-34-50(65(48-26-28-54-56(40-48)62(9,10)32-30-60(54,5)6)49-27-29-55-57(41-49)63(11,12)33-31-61(55,7)8)39-51(35-42)66(47-25-19-24-46(64)38-47)58-52(43-20-15-13-16-21-43)36-45(59(2,3)4)37-53(58)44-22-17-14-18-23-44/h13-29,34-41H,30-33,64H2,1-12H3. The summed E-state index contributed by atoms with van der Waals surface area (Å²) in [5.74, 6) is 0. The van der Waals surface area contributed by atoms with Gasteiger partial charge >= 0.3 is 0 Å². The van der Waals surface area contributed by atoms with Crippen LogP contribution >= 0.6 is 0 Å². The number of anilines is 7. The summed E-state index contributed by atoms with van der Waals surface area (Å²) in [4.78, 5) is 5.02. The number of aryl methyl sites for hydroxylation is 1. The van der Waals surface area contributed by atoms with E-state index in [-0.39, 0.29) is 27.1 Å². The molecule has 3 nitrogen and oxygen atoms in total. The van der Waals surface area contributed by atoms with Gasteiger partial charge in [0.2, 0.25) is 0 Å². The van der Waals surface area contributed by atoms with Crippen molar-refractivity contribution in [3.63, 3.8) is 0 Å². The van der Waals surface area contributed by atoms with E-state index in [2.05, 4.69) is 238 Å². The van der Waals surface area contributed by atoms with Gasteiger partial charge in [-0.25, -0.2) is 0 Å². The number of hydrogen-bond acceptors (Lipinski definition) is 3. The molecule has 0 unspecified atom stereocenters. The lowest BCUT2D eigenvalue weighted by molar-refractivity contribution is 0.332. The molecule has 7 aromatic carbocycles. The Bertz CT molecular complexity index is 2790. The third-order valence-electron chi connectivity index (χ3n) is 15.3. The van der Waals surface area contributed by atoms with E-state index in [0.717, 1.165) is 41.3 Å². The molecule has 338 valence electrons. The molecular formula is C63H71N3. The first-order valence-corrected chi connectivity index (χ1v) is 24.3. The van der Waals surface area contributed by atoms with E-state index in [1.165, 1.54) is 79.9 Å². The van der Waals surface area contributed by atoms with Crippen molar-refractivity contribution in [3.05, 3.63) is 185 Å². The summed E-state index contributed by atoms with van der Waals surface area (Å²) in [6.07, 6.45) is 4.67. The first-order valence-electron chi connectivity index (χ1n) is 24.3. The summed E-state index contributed by atoms with van der Waals surface area (Å²) >= 11 is 0. The predicted molar refractivity (Wildman–Crippen MR) is 285 cm³/mol. The average Bonchev–Trinajstić information content (AvgIpc) is 3.27. The van der Waals surface area contributed by atoms with Crippen LogP contribution in [0.2, 0.25) is 0 Å². The fourth-order valence-corrected chi connectivity index (χ4v) is 10.9. The largest absolute Gasteiger partial charge is 0.399 e. The number of nitrogen functional groups attached to an aromatic ring is 1. The minimum atomic E-state index is -0.0953. The lowest BCUT2D eigenvalue weighted by Crippen LogP contribution is -2.34. The van der Waals surface area contributed by atoms with E-state index in [4.69, 9.17) is 5.73 Å². The molecule has 0 aliphatic heterocycles. The molecule has 0 saturated heterocycles. The van der Waals surface area contributed by atoms with Gasteiger partial charge in [-0.05, 0) is 177 Å². The van der Waals surface area contributed by atoms with Crippen LogP contribution < -0.4 is 15.5 Å². The second-order valence-corrected chi connectivity index (χ2v) is 23.2. The highest BCUT2D eigenvalue weighted by atomic mass is 15.2. The van der Waals surface area contributed by atoms with Crippen LogP contribution in [0.1, 0.15) is 135 Å². The monoisotopic (exact) mass is 870 g/mol. The molecule has 2 N–H and O–H groups in total. The van der Waals surface area contributed by atoms with Crippen molar-refractivity contribution in [2.24, 2.45) is 0 Å². The second kappa shape index (κ2) is 16.4. The van der Waals surface area contributed by atoms with Crippen LogP contribution in [0.5, 0.6) is 0 Å². The van der Waals surface area contributed by atoms with Gasteiger partial charge in [-0.1, -0.05) is 155 Å². The fraction of sp³-hybridized carbons (Fsp3) is 0.333. The third-order valence-corrected chi connectivity index (χ3v) is 15.3. The van der Waals surface area contributed by atoms with Crippen LogP contribution in [0, 0.1) is 6.92 Å². The van der Waals surface area contributed by atoms with Gasteiger partial charge < -0.3 is 15.5 Å². The highest BCUT2D eigenvalue weighted by molar-refractivity contribution is 5.99. The Kier molecular flexibility index (Phi) is 11.2. The van der Waals surface area contributed by atoms with Crippen LogP contribution in [-0.4, -0.2) is 0 Å². The minimum Gasteiger partial charge on any atom is -0.399 e. The predicted octanol–water partition coefficient (Wildman–Crippen LogP) is 17.8. The van der Waals surface area contributed by atoms with Gasteiger partial charge in [-0.15, -0.1) is 0 Å². The Balaban J connectivity index is 1.36. The summed E-state index contributed by atoms with van der Waals surface area (Å²) in [6.45, 7) is 28.6. The first-order chi connectivity index (χ1) is 31.1. The van der Waals surface area contributed by atoms with Crippen molar-refractivity contribution in [1.82, 2.24) is 0 Å². The summed E-state index contributed by atoms with van der Waals surface area (Å²) in [6, 6.07) is 56.9. The van der Waals surface area contributed by atoms with Crippen molar-refractivity contribution in [2.75, 3.05) is 15.5 Å². The summed E-state index contributed by atoms with van der Waals surface area (Å²) in [7, 11) is 0. The molecule has 2 aliphatic carbocycles. The van der Waals surface area contributed by atoms with E-state index < -0.39 is 0 Å². The van der Waals surface area contributed by atoms with Crippen molar-refractivity contribution >= 4 is 39.8 Å². The van der Waals surface area contributed by atoms with Gasteiger partial charge in [0, 0.05) is 45.3 Å². The molecule has 0 aromatic heterocycles. The molecule has 0 atom stereocenters. The van der Waals surface area contributed by atoms with E-state index in [1.807, 2.05) is 6.07 Å². The van der Waals surface area contributed by atoms with E-state index in [1.54, 1.807) is 0 Å². The summed E-state index contributed by atoms with van der Waals surface area (Å²) in [5.41, 5.74) is 27.3. The van der Waals surface area contributed by atoms with Gasteiger partial charge in [-0.2, -0.15) is 0 Å². The van der Waals surface area contributed by atoms with Crippen molar-refractivity contribution in [2.45, 2.75) is 136 Å². The second-order valence-electron chi connectivity index (χ2n) is 23.2. The molecule has 0 fully saturated rings. The first kappa shape index (κ1) is 45.1. The highest BCUT2D eigenvalue weighted by Gasteiger charge is 2.39. The van der Waals surface area contributed by atoms with Crippen molar-refractivity contribution in [1.29, 1.82) is 0 Å². The Hall–Kier alpha value is -6.06. The van der Waals surface area contributed by atoms with Crippen molar-refractivity contribution in [3.8, 4) is 22.3 Å². The molecule has 3 heteroatoms. The van der Waals surface area contributed by atoms with Gasteiger partial charge in [0.25, 0.3) is 0 Å². The molecule has 0 saturated carbocycles. The minimum absolute atomic E-state index is 0.0527. The van der Waals surface area contributed by atoms with Crippen molar-refractivity contribution < 1.29 is 0 Å². The number of rotatable bonds is 8. The fourth-order valence-electron chi connectivity index (χ4n) is 10.9. The lowest BCUT2D eigenvalue weighted by atomic mass is 9.63. The summed E-state index contributed by atoms with van der Waals surface area (Å²) in [5, 5.41) is 0. The molecule has 0 heterocycles. The van der Waals surface area contributed by atoms with E-state index >= 15 is 0 Å². The van der Waals surface area contributed by atoms with Gasteiger partial charge in [0.05, 0.1) is 5.69 Å². The number of hydrogen-bond donors (Lipinski definition) is 1. The Morgan fingerprint density at radius 3 is 1.27 bits per heavy atom. The molecule has 0 amide bonds. The maximum absolute atomic E-state index is 6.75. The highest BCUT2D eigenvalue weighted by Crippen LogP contribution is 2.53. The van der Waals surface area contributed by atoms with Gasteiger partial charge in [-0.3, -0.25) is 0 Å². The SMILES string of the molecule is Cc1cc(N(c2ccc3c(c2)C(C)(C)CCC3(C)C)c2ccc3c(c2)C(C)(C)CCC3(C)C)cc(N(c2cccc(N)c2)c2c(-c3ccccc3)cc(C(C)(C)C)cc2-c2ccccc2)c1. The molecule has 0 radical (unpaired) electrons. The van der Waals surface area contributed by atoms with Crippen LogP contribution in [0.25, 0.3) is 22.3 Å².